The first kappa shape index (κ1) is 18.8. The van der Waals surface area contributed by atoms with Crippen molar-refractivity contribution in [2.24, 2.45) is 0 Å². The number of carbonyl (C=O) groups excluding carboxylic acids is 2. The van der Waals surface area contributed by atoms with E-state index in [1.807, 2.05) is 49.4 Å². The molecular weight excluding hydrogens is 342 g/mol. The van der Waals surface area contributed by atoms with Crippen LogP contribution in [0, 0.1) is 6.92 Å². The third kappa shape index (κ3) is 4.39. The molecule has 27 heavy (non-hydrogen) atoms. The van der Waals surface area contributed by atoms with Gasteiger partial charge in [-0.1, -0.05) is 30.3 Å². The summed E-state index contributed by atoms with van der Waals surface area (Å²) in [5, 5.41) is 2.73. The van der Waals surface area contributed by atoms with E-state index < -0.39 is 0 Å². The number of rotatable bonds is 5. The molecule has 3 rings (SSSR count). The second-order valence-electron chi connectivity index (χ2n) is 6.54. The molecule has 6 nitrogen and oxygen atoms in total. The van der Waals surface area contributed by atoms with E-state index in [-0.39, 0.29) is 18.4 Å². The van der Waals surface area contributed by atoms with Crippen molar-refractivity contribution in [1.82, 2.24) is 10.2 Å². The molecule has 1 aliphatic heterocycles. The average molecular weight is 367 g/mol. The summed E-state index contributed by atoms with van der Waals surface area (Å²) in [6, 6.07) is 15.2. The van der Waals surface area contributed by atoms with Crippen molar-refractivity contribution >= 4 is 17.5 Å². The van der Waals surface area contributed by atoms with Crippen LogP contribution in [0.1, 0.15) is 15.9 Å². The van der Waals surface area contributed by atoms with Gasteiger partial charge in [-0.3, -0.25) is 9.59 Å². The summed E-state index contributed by atoms with van der Waals surface area (Å²) in [5.41, 5.74) is 2.54. The van der Waals surface area contributed by atoms with Crippen molar-refractivity contribution in [3.63, 3.8) is 0 Å². The molecule has 1 heterocycles. The minimum atomic E-state index is -0.214. The van der Waals surface area contributed by atoms with Crippen LogP contribution in [0.3, 0.4) is 0 Å². The fourth-order valence-electron chi connectivity index (χ4n) is 3.28. The fourth-order valence-corrected chi connectivity index (χ4v) is 3.28. The number of nitrogens with zero attached hydrogens (tertiary/aromatic N) is 2. The van der Waals surface area contributed by atoms with Gasteiger partial charge in [0.05, 0.1) is 19.3 Å². The van der Waals surface area contributed by atoms with Crippen LogP contribution >= 0.6 is 0 Å². The van der Waals surface area contributed by atoms with Gasteiger partial charge in [0, 0.05) is 31.7 Å². The van der Waals surface area contributed by atoms with Crippen LogP contribution in [0.5, 0.6) is 5.75 Å². The highest BCUT2D eigenvalue weighted by Gasteiger charge is 2.23. The maximum atomic E-state index is 12.5. The van der Waals surface area contributed by atoms with Gasteiger partial charge in [0.15, 0.2) is 0 Å². The molecule has 0 radical (unpaired) electrons. The summed E-state index contributed by atoms with van der Waals surface area (Å²) in [4.78, 5) is 28.7. The highest BCUT2D eigenvalue weighted by atomic mass is 16.5. The first-order chi connectivity index (χ1) is 13.1. The van der Waals surface area contributed by atoms with Crippen LogP contribution in [0.2, 0.25) is 0 Å². The van der Waals surface area contributed by atoms with Crippen LogP contribution in [-0.4, -0.2) is 56.5 Å². The molecule has 2 aromatic rings. The van der Waals surface area contributed by atoms with E-state index >= 15 is 0 Å². The zero-order chi connectivity index (χ0) is 19.2. The Balaban J connectivity index is 1.51. The lowest BCUT2D eigenvalue weighted by Crippen LogP contribution is -2.51. The first-order valence-electron chi connectivity index (χ1n) is 9.09. The molecular formula is C21H25N3O3. The van der Waals surface area contributed by atoms with E-state index in [4.69, 9.17) is 4.74 Å². The molecule has 1 aliphatic rings. The largest absolute Gasteiger partial charge is 0.495 e. The quantitative estimate of drug-likeness (QED) is 0.879. The fraction of sp³-hybridized carbons (Fsp3) is 0.333. The van der Waals surface area contributed by atoms with Crippen molar-refractivity contribution < 1.29 is 14.3 Å². The number of nitrogens with one attached hydrogen (secondary N) is 1. The van der Waals surface area contributed by atoms with Gasteiger partial charge in [0.2, 0.25) is 5.91 Å². The number of anilines is 1. The van der Waals surface area contributed by atoms with E-state index in [0.717, 1.165) is 30.1 Å². The Morgan fingerprint density at radius 3 is 2.37 bits per heavy atom. The maximum Gasteiger partial charge on any atom is 0.251 e. The Morgan fingerprint density at radius 1 is 1.00 bits per heavy atom. The number of piperazine rings is 1. The van der Waals surface area contributed by atoms with Crippen LogP contribution in [0.15, 0.2) is 48.5 Å². The number of hydrogen-bond acceptors (Lipinski definition) is 4. The van der Waals surface area contributed by atoms with Crippen LogP contribution < -0.4 is 15.0 Å². The number of para-hydroxylation sites is 2. The molecule has 1 N–H and O–H groups in total. The highest BCUT2D eigenvalue weighted by molar-refractivity contribution is 5.97. The van der Waals surface area contributed by atoms with Gasteiger partial charge in [-0.15, -0.1) is 0 Å². The van der Waals surface area contributed by atoms with Gasteiger partial charge in [0.1, 0.15) is 5.75 Å². The van der Waals surface area contributed by atoms with Crippen molar-refractivity contribution in [1.29, 1.82) is 0 Å². The smallest absolute Gasteiger partial charge is 0.251 e. The predicted molar refractivity (Wildman–Crippen MR) is 105 cm³/mol. The molecule has 2 amide bonds. The Labute approximate surface area is 159 Å². The molecule has 6 heteroatoms. The third-order valence-corrected chi connectivity index (χ3v) is 4.85. The van der Waals surface area contributed by atoms with Gasteiger partial charge >= 0.3 is 0 Å². The Bertz CT molecular complexity index is 814. The average Bonchev–Trinajstić information content (AvgIpc) is 2.72. The molecule has 1 fully saturated rings. The molecule has 1 saturated heterocycles. The van der Waals surface area contributed by atoms with Crippen LogP contribution in [0.4, 0.5) is 5.69 Å². The van der Waals surface area contributed by atoms with Crippen molar-refractivity contribution in [3.05, 3.63) is 59.7 Å². The number of ether oxygens (including phenoxy) is 1. The van der Waals surface area contributed by atoms with Crippen molar-refractivity contribution in [2.75, 3.05) is 44.7 Å². The van der Waals surface area contributed by atoms with Crippen LogP contribution in [0.25, 0.3) is 0 Å². The molecule has 0 atom stereocenters. The summed E-state index contributed by atoms with van der Waals surface area (Å²) in [5.74, 6) is 0.563. The Morgan fingerprint density at radius 2 is 1.67 bits per heavy atom. The predicted octanol–water partition coefficient (Wildman–Crippen LogP) is 2.08. The summed E-state index contributed by atoms with van der Waals surface area (Å²) >= 11 is 0. The second kappa shape index (κ2) is 8.58. The van der Waals surface area contributed by atoms with Gasteiger partial charge < -0.3 is 19.9 Å². The number of methoxy groups -OCH3 is 1. The van der Waals surface area contributed by atoms with Gasteiger partial charge in [0.25, 0.3) is 5.91 Å². The zero-order valence-electron chi connectivity index (χ0n) is 15.8. The van der Waals surface area contributed by atoms with Crippen molar-refractivity contribution in [3.8, 4) is 5.75 Å². The Hall–Kier alpha value is -3.02. The summed E-state index contributed by atoms with van der Waals surface area (Å²) in [7, 11) is 1.66. The monoisotopic (exact) mass is 367 g/mol. The summed E-state index contributed by atoms with van der Waals surface area (Å²) in [6.07, 6.45) is 0. The minimum Gasteiger partial charge on any atom is -0.495 e. The minimum absolute atomic E-state index is 0.0157. The third-order valence-electron chi connectivity index (χ3n) is 4.85. The number of carbonyl (C=O) groups is 2. The molecule has 0 saturated carbocycles. The lowest BCUT2D eigenvalue weighted by atomic mass is 10.1. The molecule has 0 aromatic heterocycles. The molecule has 0 aliphatic carbocycles. The standard InChI is InChI=1S/C21H25N3O3/c1-16-7-3-4-8-17(16)21(26)22-15-20(25)24-13-11-23(12-14-24)18-9-5-6-10-19(18)27-2/h3-10H,11-15H2,1-2H3,(H,22,26). The number of amides is 2. The zero-order valence-corrected chi connectivity index (χ0v) is 15.8. The SMILES string of the molecule is COc1ccccc1N1CCN(C(=O)CNC(=O)c2ccccc2C)CC1. The number of aryl methyl sites for hydroxylation is 1. The molecule has 0 spiro atoms. The lowest BCUT2D eigenvalue weighted by molar-refractivity contribution is -0.130. The van der Waals surface area contributed by atoms with E-state index in [1.54, 1.807) is 18.1 Å². The number of benzene rings is 2. The summed E-state index contributed by atoms with van der Waals surface area (Å²) < 4.78 is 5.42. The van der Waals surface area contributed by atoms with E-state index in [0.29, 0.717) is 18.7 Å². The molecule has 142 valence electrons. The van der Waals surface area contributed by atoms with E-state index in [9.17, 15) is 9.59 Å². The first-order valence-corrected chi connectivity index (χ1v) is 9.09. The molecule has 0 unspecified atom stereocenters. The number of hydrogen-bond donors (Lipinski definition) is 1. The summed E-state index contributed by atoms with van der Waals surface area (Å²) in [6.45, 7) is 4.61. The van der Waals surface area contributed by atoms with Gasteiger partial charge in [-0.2, -0.15) is 0 Å². The highest BCUT2D eigenvalue weighted by Crippen LogP contribution is 2.28. The topological polar surface area (TPSA) is 61.9 Å². The Kier molecular flexibility index (Phi) is 5.96. The molecule has 2 aromatic carbocycles. The van der Waals surface area contributed by atoms with E-state index in [1.165, 1.54) is 0 Å². The van der Waals surface area contributed by atoms with Crippen molar-refractivity contribution in [2.45, 2.75) is 6.92 Å². The second-order valence-corrected chi connectivity index (χ2v) is 6.54. The van der Waals surface area contributed by atoms with Gasteiger partial charge in [-0.05, 0) is 30.7 Å². The van der Waals surface area contributed by atoms with E-state index in [2.05, 4.69) is 10.2 Å². The lowest BCUT2D eigenvalue weighted by Gasteiger charge is -2.36. The van der Waals surface area contributed by atoms with Gasteiger partial charge in [-0.25, -0.2) is 0 Å². The molecule has 0 bridgehead atoms. The van der Waals surface area contributed by atoms with Crippen LogP contribution in [-0.2, 0) is 4.79 Å². The maximum absolute atomic E-state index is 12.5. The normalized spacial score (nSPS) is 14.0.